The molecule has 0 unspecified atom stereocenters. The van der Waals surface area contributed by atoms with Crippen LogP contribution in [-0.2, 0) is 16.0 Å². The average Bonchev–Trinajstić information content (AvgIpc) is 3.31. The van der Waals surface area contributed by atoms with Gasteiger partial charge in [-0.05, 0) is 60.5 Å². The Balaban J connectivity index is 1.64. The lowest BCUT2D eigenvalue weighted by Gasteiger charge is -2.30. The summed E-state index contributed by atoms with van der Waals surface area (Å²) in [6.45, 7) is 4.75. The molecule has 2 atom stereocenters. The number of nitrogens with one attached hydrogen (secondary N) is 1. The highest BCUT2D eigenvalue weighted by atomic mass is 35.5. The third kappa shape index (κ3) is 6.95. The zero-order chi connectivity index (χ0) is 27.8. The minimum absolute atomic E-state index is 0.0600. The Morgan fingerprint density at radius 1 is 1.08 bits per heavy atom. The van der Waals surface area contributed by atoms with Crippen LogP contribution in [0.3, 0.4) is 0 Å². The number of nitrogens with zero attached hydrogens (tertiary/aromatic N) is 1. The lowest BCUT2D eigenvalue weighted by Crippen LogP contribution is -2.48. The highest BCUT2D eigenvalue weighted by molar-refractivity contribution is 6.35. The molecule has 0 saturated carbocycles. The predicted molar refractivity (Wildman–Crippen MR) is 156 cm³/mol. The van der Waals surface area contributed by atoms with Gasteiger partial charge in [-0.3, -0.25) is 4.79 Å². The molecule has 0 saturated heterocycles. The second-order valence-corrected chi connectivity index (χ2v) is 10.4. The fourth-order valence-electron chi connectivity index (χ4n) is 4.35. The Kier molecular flexibility index (Phi) is 9.92. The molecule has 2 N–H and O–H groups in total. The van der Waals surface area contributed by atoms with Gasteiger partial charge in [0, 0.05) is 52.2 Å². The second kappa shape index (κ2) is 13.4. The quantitative estimate of drug-likeness (QED) is 0.185. The van der Waals surface area contributed by atoms with Crippen LogP contribution in [0, 0.1) is 0 Å². The summed E-state index contributed by atoms with van der Waals surface area (Å²) in [5.74, 6) is 0.661. The van der Waals surface area contributed by atoms with Crippen LogP contribution in [0.25, 0.3) is 0 Å². The summed E-state index contributed by atoms with van der Waals surface area (Å²) in [5.41, 5.74) is 0.978. The molecule has 1 aliphatic heterocycles. The first-order valence-electron chi connectivity index (χ1n) is 12.6. The first-order valence-corrected chi connectivity index (χ1v) is 13.7. The van der Waals surface area contributed by atoms with Crippen LogP contribution in [0.15, 0.2) is 84.4 Å². The van der Waals surface area contributed by atoms with E-state index in [0.717, 1.165) is 5.56 Å². The van der Waals surface area contributed by atoms with E-state index in [1.54, 1.807) is 36.4 Å². The first kappa shape index (κ1) is 29.0. The minimum Gasteiger partial charge on any atom is -0.494 e. The van der Waals surface area contributed by atoms with Crippen molar-refractivity contribution in [3.63, 3.8) is 0 Å². The van der Waals surface area contributed by atoms with Crippen LogP contribution >= 0.6 is 34.8 Å². The average molecular weight is 588 g/mol. The maximum atomic E-state index is 13.9. The van der Waals surface area contributed by atoms with Crippen molar-refractivity contribution < 1.29 is 19.4 Å². The van der Waals surface area contributed by atoms with Gasteiger partial charge in [0.15, 0.2) is 11.6 Å². The number of rotatable bonds is 12. The summed E-state index contributed by atoms with van der Waals surface area (Å²) in [6, 6.07) is 19.8. The summed E-state index contributed by atoms with van der Waals surface area (Å²) in [4.78, 5) is 18.7. The number of hydrogen-bond acceptors (Lipinski definition) is 5. The molecule has 0 radical (unpaired) electrons. The summed E-state index contributed by atoms with van der Waals surface area (Å²) < 4.78 is 12.0. The van der Waals surface area contributed by atoms with Gasteiger partial charge in [0.2, 0.25) is 5.90 Å². The van der Waals surface area contributed by atoms with E-state index in [0.29, 0.717) is 63.8 Å². The van der Waals surface area contributed by atoms with Gasteiger partial charge in [0.05, 0.1) is 6.61 Å². The lowest BCUT2D eigenvalue weighted by atomic mass is 9.84. The molecule has 0 fully saturated rings. The minimum atomic E-state index is -1.34. The van der Waals surface area contributed by atoms with Crippen LogP contribution < -0.4 is 10.1 Å². The van der Waals surface area contributed by atoms with Crippen LogP contribution in [-0.4, -0.2) is 42.2 Å². The Labute approximate surface area is 243 Å². The number of carbonyl (C=O) groups excluding carboxylic acids is 1. The number of aliphatic imine (C=N–C) groups is 1. The molecule has 1 heterocycles. The molecular weight excluding hydrogens is 559 g/mol. The number of amides is 1. The topological polar surface area (TPSA) is 80.2 Å². The highest BCUT2D eigenvalue weighted by Gasteiger charge is 2.53. The maximum Gasteiger partial charge on any atom is 0.252 e. The van der Waals surface area contributed by atoms with Crippen molar-refractivity contribution in [2.24, 2.45) is 4.99 Å². The van der Waals surface area contributed by atoms with E-state index in [2.05, 4.69) is 11.9 Å². The molecule has 204 valence electrons. The van der Waals surface area contributed by atoms with Crippen LogP contribution in [0.5, 0.6) is 5.75 Å². The predicted octanol–water partition coefficient (Wildman–Crippen LogP) is 6.60. The molecule has 1 aliphatic rings. The third-order valence-corrected chi connectivity index (χ3v) is 7.16. The zero-order valence-electron chi connectivity index (χ0n) is 21.2. The first-order chi connectivity index (χ1) is 18.9. The number of hydrogen-bond donors (Lipinski definition) is 2. The van der Waals surface area contributed by atoms with Crippen molar-refractivity contribution in [3.05, 3.63) is 111 Å². The van der Waals surface area contributed by atoms with E-state index in [9.17, 15) is 4.79 Å². The van der Waals surface area contributed by atoms with Crippen LogP contribution in [0.4, 0.5) is 0 Å². The molecule has 0 aromatic heterocycles. The van der Waals surface area contributed by atoms with Crippen molar-refractivity contribution in [2.75, 3.05) is 19.8 Å². The number of aliphatic hydroxyl groups is 1. The van der Waals surface area contributed by atoms with E-state index >= 15 is 0 Å². The second-order valence-electron chi connectivity index (χ2n) is 9.08. The lowest BCUT2D eigenvalue weighted by molar-refractivity contribution is -0.128. The van der Waals surface area contributed by atoms with Crippen molar-refractivity contribution in [3.8, 4) is 5.75 Å². The number of carbonyl (C=O) groups is 1. The Morgan fingerprint density at radius 3 is 2.46 bits per heavy atom. The summed E-state index contributed by atoms with van der Waals surface area (Å²) >= 11 is 18.7. The van der Waals surface area contributed by atoms with Gasteiger partial charge in [-0.1, -0.05) is 59.1 Å². The fourth-order valence-corrected chi connectivity index (χ4v) is 4.98. The third-order valence-electron chi connectivity index (χ3n) is 6.34. The van der Waals surface area contributed by atoms with E-state index in [-0.39, 0.29) is 18.9 Å². The van der Waals surface area contributed by atoms with Gasteiger partial charge in [0.25, 0.3) is 5.91 Å². The van der Waals surface area contributed by atoms with Crippen molar-refractivity contribution in [1.29, 1.82) is 0 Å². The highest BCUT2D eigenvalue weighted by Crippen LogP contribution is 2.45. The van der Waals surface area contributed by atoms with Crippen LogP contribution in [0.1, 0.15) is 35.6 Å². The molecule has 1 amide bonds. The molecule has 6 nitrogen and oxygen atoms in total. The standard InChI is InChI=1S/C30H29Cl3N2O4/c1-2-15-30(29(37)34-16-14-20-4-8-22(31)9-5-20)27(25-13-10-23(32)19-26(25)33)39-28(35-30)21-6-11-24(12-7-21)38-18-3-17-36/h2,4-13,19,27,36H,1,3,14-18H2,(H,34,37)/t27-,30-/m1/s1. The molecule has 9 heteroatoms. The monoisotopic (exact) mass is 586 g/mol. The Morgan fingerprint density at radius 2 is 1.79 bits per heavy atom. The van der Waals surface area contributed by atoms with E-state index in [1.807, 2.05) is 36.4 Å². The zero-order valence-corrected chi connectivity index (χ0v) is 23.5. The van der Waals surface area contributed by atoms with E-state index < -0.39 is 11.6 Å². The molecule has 0 aliphatic carbocycles. The molecular formula is C30H29Cl3N2O4. The van der Waals surface area contributed by atoms with Crippen LogP contribution in [0.2, 0.25) is 15.1 Å². The summed E-state index contributed by atoms with van der Waals surface area (Å²) in [6.07, 6.45) is 2.22. The largest absolute Gasteiger partial charge is 0.494 e. The van der Waals surface area contributed by atoms with E-state index in [1.165, 1.54) is 0 Å². The Hall–Kier alpha value is -3.03. The Bertz CT molecular complexity index is 1330. The molecule has 3 aromatic rings. The van der Waals surface area contributed by atoms with Gasteiger partial charge in [0.1, 0.15) is 5.75 Å². The molecule has 3 aromatic carbocycles. The SMILES string of the molecule is C=CC[C@@]1(C(=O)NCCc2ccc(Cl)cc2)N=C(c2ccc(OCCCO)cc2)O[C@@H]1c1ccc(Cl)cc1Cl. The number of benzene rings is 3. The molecule has 0 bridgehead atoms. The van der Waals surface area contributed by atoms with Crippen molar-refractivity contribution >= 4 is 46.6 Å². The molecule has 0 spiro atoms. The van der Waals surface area contributed by atoms with Gasteiger partial charge in [-0.25, -0.2) is 4.99 Å². The van der Waals surface area contributed by atoms with E-state index in [4.69, 9.17) is 54.4 Å². The smallest absolute Gasteiger partial charge is 0.252 e. The molecule has 4 rings (SSSR count). The number of halogens is 3. The fraction of sp³-hybridized carbons (Fsp3) is 0.267. The van der Waals surface area contributed by atoms with Gasteiger partial charge in [-0.2, -0.15) is 0 Å². The summed E-state index contributed by atoms with van der Waals surface area (Å²) in [5, 5.41) is 13.5. The molecule has 39 heavy (non-hydrogen) atoms. The summed E-state index contributed by atoms with van der Waals surface area (Å²) in [7, 11) is 0. The van der Waals surface area contributed by atoms with Crippen molar-refractivity contribution in [1.82, 2.24) is 5.32 Å². The number of aliphatic hydroxyl groups excluding tert-OH is 1. The van der Waals surface area contributed by atoms with Gasteiger partial charge in [-0.15, -0.1) is 6.58 Å². The van der Waals surface area contributed by atoms with Gasteiger partial charge >= 0.3 is 0 Å². The normalized spacial score (nSPS) is 18.3. The van der Waals surface area contributed by atoms with Crippen molar-refractivity contribution in [2.45, 2.75) is 30.9 Å². The maximum absolute atomic E-state index is 13.9. The number of ether oxygens (including phenoxy) is 2. The van der Waals surface area contributed by atoms with Gasteiger partial charge < -0.3 is 19.9 Å².